The van der Waals surface area contributed by atoms with E-state index in [2.05, 4.69) is 4.94 Å². The molecule has 10 heteroatoms. The quantitative estimate of drug-likeness (QED) is 0.693. The SMILES string of the molecule is CS(=O)C(OF)(C(F)(F)F)S(C)(=O)=O. The molecule has 14 heavy (non-hydrogen) atoms. The minimum absolute atomic E-state index is 0.0848. The predicted molar refractivity (Wildman–Crippen MR) is 39.9 cm³/mol. The summed E-state index contributed by atoms with van der Waals surface area (Å²) in [7, 11) is -8.17. The molecule has 0 aliphatic carbocycles. The van der Waals surface area contributed by atoms with E-state index in [0.29, 0.717) is 6.26 Å². The molecule has 0 fully saturated rings. The average molecular weight is 258 g/mol. The fraction of sp³-hybridized carbons (Fsp3) is 1.00. The molecular weight excluding hydrogens is 252 g/mol. The molecule has 4 nitrogen and oxygen atoms in total. The van der Waals surface area contributed by atoms with Crippen molar-refractivity contribution in [3.05, 3.63) is 0 Å². The maximum Gasteiger partial charge on any atom is 0.448 e. The van der Waals surface area contributed by atoms with Crippen molar-refractivity contribution >= 4 is 20.6 Å². The Morgan fingerprint density at radius 1 is 1.29 bits per heavy atom. The van der Waals surface area contributed by atoms with E-state index in [1.807, 2.05) is 0 Å². The van der Waals surface area contributed by atoms with Gasteiger partial charge in [-0.25, -0.2) is 8.42 Å². The first-order chi connectivity index (χ1) is 6.00. The van der Waals surface area contributed by atoms with Gasteiger partial charge in [0.05, 0.1) is 10.8 Å². The first-order valence-corrected chi connectivity index (χ1v) is 6.35. The zero-order chi connectivity index (χ0) is 11.8. The molecule has 0 aromatic heterocycles. The molecule has 0 rings (SSSR count). The van der Waals surface area contributed by atoms with Gasteiger partial charge >= 0.3 is 10.4 Å². The van der Waals surface area contributed by atoms with E-state index in [4.69, 9.17) is 0 Å². The third kappa shape index (κ3) is 1.91. The van der Waals surface area contributed by atoms with E-state index in [-0.39, 0.29) is 6.26 Å². The van der Waals surface area contributed by atoms with Crippen LogP contribution in [0.25, 0.3) is 0 Å². The summed E-state index contributed by atoms with van der Waals surface area (Å²) in [6.45, 7) is 0. The Morgan fingerprint density at radius 3 is 1.64 bits per heavy atom. The fourth-order valence-corrected chi connectivity index (χ4v) is 3.39. The fourth-order valence-electron chi connectivity index (χ4n) is 0.732. The second-order valence-corrected chi connectivity index (χ2v) is 6.22. The van der Waals surface area contributed by atoms with Gasteiger partial charge in [0.2, 0.25) is 9.84 Å². The van der Waals surface area contributed by atoms with Gasteiger partial charge in [-0.1, -0.05) is 0 Å². The average Bonchev–Trinajstić information content (AvgIpc) is 1.80. The molecule has 0 spiro atoms. The summed E-state index contributed by atoms with van der Waals surface area (Å²) in [5.74, 6) is 0. The molecule has 0 heterocycles. The van der Waals surface area contributed by atoms with Crippen molar-refractivity contribution in [2.45, 2.75) is 10.4 Å². The lowest BCUT2D eigenvalue weighted by molar-refractivity contribution is -0.281. The zero-order valence-corrected chi connectivity index (χ0v) is 8.59. The molecule has 0 N–H and O–H groups in total. The molecule has 0 aromatic rings. The van der Waals surface area contributed by atoms with E-state index < -0.39 is 31.1 Å². The molecular formula is C4H6F4O4S2. The van der Waals surface area contributed by atoms with E-state index in [0.717, 1.165) is 0 Å². The Kier molecular flexibility index (Phi) is 3.68. The van der Waals surface area contributed by atoms with Gasteiger partial charge in [-0.3, -0.25) is 4.21 Å². The van der Waals surface area contributed by atoms with Gasteiger partial charge in [-0.15, -0.1) is 4.94 Å². The van der Waals surface area contributed by atoms with Crippen LogP contribution in [0.2, 0.25) is 0 Å². The van der Waals surface area contributed by atoms with E-state index >= 15 is 0 Å². The van der Waals surface area contributed by atoms with Crippen LogP contribution in [0.15, 0.2) is 0 Å². The highest BCUT2D eigenvalue weighted by Gasteiger charge is 2.69. The molecule has 0 aliphatic heterocycles. The number of rotatable bonds is 3. The Balaban J connectivity index is 5.85. The van der Waals surface area contributed by atoms with Gasteiger partial charge < -0.3 is 0 Å². The minimum Gasteiger partial charge on any atom is -0.255 e. The van der Waals surface area contributed by atoms with Crippen LogP contribution < -0.4 is 0 Å². The van der Waals surface area contributed by atoms with Crippen LogP contribution in [0, 0.1) is 0 Å². The highest BCUT2D eigenvalue weighted by atomic mass is 32.3. The summed E-state index contributed by atoms with van der Waals surface area (Å²) in [4.78, 5) is 2.42. The minimum atomic E-state index is -5.62. The summed E-state index contributed by atoms with van der Waals surface area (Å²) in [6, 6.07) is 0. The summed E-state index contributed by atoms with van der Waals surface area (Å²) < 4.78 is 76.0. The molecule has 0 saturated heterocycles. The zero-order valence-electron chi connectivity index (χ0n) is 6.96. The Hall–Kier alpha value is -0.220. The van der Waals surface area contributed by atoms with E-state index in [1.54, 1.807) is 0 Å². The van der Waals surface area contributed by atoms with Crippen LogP contribution in [-0.4, -0.2) is 35.6 Å². The Bertz CT molecular complexity index is 334. The Morgan fingerprint density at radius 2 is 1.64 bits per heavy atom. The van der Waals surface area contributed by atoms with Gasteiger partial charge in [-0.2, -0.15) is 13.2 Å². The van der Waals surface area contributed by atoms with Gasteiger partial charge in [0.15, 0.2) is 0 Å². The van der Waals surface area contributed by atoms with E-state index in [9.17, 15) is 30.3 Å². The van der Waals surface area contributed by atoms with Crippen molar-refractivity contribution in [3.63, 3.8) is 0 Å². The van der Waals surface area contributed by atoms with Crippen molar-refractivity contribution in [1.82, 2.24) is 0 Å². The Labute approximate surface area is 79.5 Å². The highest BCUT2D eigenvalue weighted by molar-refractivity contribution is 8.06. The van der Waals surface area contributed by atoms with Crippen molar-refractivity contribution < 1.29 is 35.3 Å². The number of hydrogen-bond donors (Lipinski definition) is 0. The summed E-state index contributed by atoms with van der Waals surface area (Å²) in [6.07, 6.45) is -5.15. The summed E-state index contributed by atoms with van der Waals surface area (Å²) in [5, 5.41) is 0. The van der Waals surface area contributed by atoms with Crippen molar-refractivity contribution in [2.24, 2.45) is 0 Å². The monoisotopic (exact) mass is 258 g/mol. The summed E-state index contributed by atoms with van der Waals surface area (Å²) >= 11 is 0. The van der Waals surface area contributed by atoms with Crippen LogP contribution >= 0.6 is 0 Å². The molecule has 0 aromatic carbocycles. The first kappa shape index (κ1) is 13.8. The normalized spacial score (nSPS) is 20.1. The van der Waals surface area contributed by atoms with Crippen LogP contribution in [0.4, 0.5) is 17.7 Å². The summed E-state index contributed by atoms with van der Waals surface area (Å²) in [5.41, 5.74) is 0. The molecule has 0 radical (unpaired) electrons. The molecule has 86 valence electrons. The van der Waals surface area contributed by atoms with Crippen molar-refractivity contribution in [3.8, 4) is 0 Å². The van der Waals surface area contributed by atoms with Crippen LogP contribution in [-0.2, 0) is 25.6 Å². The third-order valence-electron chi connectivity index (χ3n) is 1.32. The molecule has 0 saturated carbocycles. The second kappa shape index (κ2) is 3.74. The number of alkyl halides is 3. The molecule has 0 aliphatic rings. The number of hydrogen-bond acceptors (Lipinski definition) is 4. The van der Waals surface area contributed by atoms with E-state index in [1.165, 1.54) is 0 Å². The molecule has 0 bridgehead atoms. The predicted octanol–water partition coefficient (Wildman–Crippen LogP) is 0.527. The van der Waals surface area contributed by atoms with Crippen LogP contribution in [0.5, 0.6) is 0 Å². The van der Waals surface area contributed by atoms with Gasteiger partial charge in [0.25, 0.3) is 0 Å². The number of halogens is 4. The van der Waals surface area contributed by atoms with Crippen molar-refractivity contribution in [2.75, 3.05) is 12.5 Å². The molecule has 2 atom stereocenters. The first-order valence-electron chi connectivity index (χ1n) is 2.90. The van der Waals surface area contributed by atoms with Crippen LogP contribution in [0.3, 0.4) is 0 Å². The smallest absolute Gasteiger partial charge is 0.255 e. The lowest BCUT2D eigenvalue weighted by Gasteiger charge is -2.26. The largest absolute Gasteiger partial charge is 0.448 e. The molecule has 0 amide bonds. The lowest BCUT2D eigenvalue weighted by Crippen LogP contribution is -2.55. The third-order valence-corrected chi connectivity index (χ3v) is 5.25. The maximum absolute atomic E-state index is 12.2. The highest BCUT2D eigenvalue weighted by Crippen LogP contribution is 2.40. The van der Waals surface area contributed by atoms with Gasteiger partial charge in [-0.05, 0) is 4.53 Å². The number of sulfone groups is 1. The second-order valence-electron chi connectivity index (χ2n) is 2.36. The standard InChI is InChI=1S/C4H6F4O4S2/c1-13(9)4(12-8,3(5,6)7)14(2,10)11/h1-2H3. The maximum atomic E-state index is 12.2. The van der Waals surface area contributed by atoms with Gasteiger partial charge in [0.1, 0.15) is 0 Å². The molecule has 2 unspecified atom stereocenters. The lowest BCUT2D eigenvalue weighted by atomic mass is 10.7. The van der Waals surface area contributed by atoms with Gasteiger partial charge in [0, 0.05) is 12.5 Å². The topological polar surface area (TPSA) is 60.4 Å². The van der Waals surface area contributed by atoms with Crippen molar-refractivity contribution in [1.29, 1.82) is 0 Å². The van der Waals surface area contributed by atoms with Crippen LogP contribution in [0.1, 0.15) is 0 Å².